The van der Waals surface area contributed by atoms with Crippen LogP contribution >= 0.6 is 0 Å². The molecule has 2 aromatic heterocycles. The van der Waals surface area contributed by atoms with Gasteiger partial charge in [0.2, 0.25) is 0 Å². The summed E-state index contributed by atoms with van der Waals surface area (Å²) in [6, 6.07) is 12.5. The van der Waals surface area contributed by atoms with E-state index in [4.69, 9.17) is 0 Å². The lowest BCUT2D eigenvalue weighted by Gasteiger charge is -2.10. The van der Waals surface area contributed by atoms with E-state index in [9.17, 15) is 14.4 Å². The van der Waals surface area contributed by atoms with E-state index in [1.54, 1.807) is 37.3 Å². The van der Waals surface area contributed by atoms with E-state index < -0.39 is 11.8 Å². The van der Waals surface area contributed by atoms with Crippen molar-refractivity contribution in [2.45, 2.75) is 27.3 Å². The Morgan fingerprint density at radius 3 is 2.43 bits per heavy atom. The molecule has 4 aromatic rings. The maximum atomic E-state index is 12.7. The Morgan fingerprint density at radius 1 is 1.00 bits per heavy atom. The number of benzene rings is 2. The fourth-order valence-corrected chi connectivity index (χ4v) is 3.58. The van der Waals surface area contributed by atoms with Gasteiger partial charge < -0.3 is 4.98 Å². The van der Waals surface area contributed by atoms with Gasteiger partial charge >= 0.3 is 0 Å². The van der Waals surface area contributed by atoms with Gasteiger partial charge in [-0.1, -0.05) is 24.3 Å². The first kappa shape index (κ1) is 19.4. The van der Waals surface area contributed by atoms with E-state index in [-0.39, 0.29) is 11.3 Å². The second kappa shape index (κ2) is 7.47. The standard InChI is InChI=1S/C22H21N5O3/c1-4-27-22(30)15-8-6-5-7-14(15)19(26-27)21(29)25-24-20(28)18-11-16-13(3)9-12(2)10-17(16)23-18/h5-11,23H,4H2,1-3H3,(H,24,28)(H,25,29). The van der Waals surface area contributed by atoms with Gasteiger partial charge in [-0.05, 0) is 50.1 Å². The largest absolute Gasteiger partial charge is 0.350 e. The molecule has 0 saturated heterocycles. The minimum absolute atomic E-state index is 0.0652. The molecule has 0 spiro atoms. The topological polar surface area (TPSA) is 109 Å². The second-order valence-corrected chi connectivity index (χ2v) is 7.15. The molecule has 3 N–H and O–H groups in total. The highest BCUT2D eigenvalue weighted by molar-refractivity contribution is 6.06. The van der Waals surface area contributed by atoms with Gasteiger partial charge in [-0.3, -0.25) is 25.2 Å². The van der Waals surface area contributed by atoms with Crippen molar-refractivity contribution in [1.82, 2.24) is 25.6 Å². The van der Waals surface area contributed by atoms with Crippen molar-refractivity contribution in [3.05, 3.63) is 75.3 Å². The normalized spacial score (nSPS) is 11.0. The van der Waals surface area contributed by atoms with Crippen LogP contribution in [0.5, 0.6) is 0 Å². The fraction of sp³-hybridized carbons (Fsp3) is 0.182. The summed E-state index contributed by atoms with van der Waals surface area (Å²) in [5.74, 6) is -1.09. The highest BCUT2D eigenvalue weighted by Crippen LogP contribution is 2.21. The maximum Gasteiger partial charge on any atom is 0.290 e. The van der Waals surface area contributed by atoms with E-state index in [1.807, 2.05) is 26.0 Å². The molecule has 0 aliphatic rings. The number of nitrogens with one attached hydrogen (secondary N) is 3. The van der Waals surface area contributed by atoms with Crippen LogP contribution in [0.1, 0.15) is 39.0 Å². The molecule has 30 heavy (non-hydrogen) atoms. The van der Waals surface area contributed by atoms with Crippen molar-refractivity contribution in [3.63, 3.8) is 0 Å². The van der Waals surface area contributed by atoms with Crippen LogP contribution < -0.4 is 16.4 Å². The summed E-state index contributed by atoms with van der Waals surface area (Å²) in [5, 5.41) is 5.93. The summed E-state index contributed by atoms with van der Waals surface area (Å²) in [4.78, 5) is 40.8. The minimum atomic E-state index is -0.607. The summed E-state index contributed by atoms with van der Waals surface area (Å²) >= 11 is 0. The lowest BCUT2D eigenvalue weighted by molar-refractivity contribution is 0.0841. The lowest BCUT2D eigenvalue weighted by Crippen LogP contribution is -2.43. The number of hydrogen-bond acceptors (Lipinski definition) is 4. The summed E-state index contributed by atoms with van der Waals surface area (Å²) in [6.45, 7) is 6.06. The molecule has 0 bridgehead atoms. The Balaban J connectivity index is 1.60. The molecule has 0 aliphatic heterocycles. The highest BCUT2D eigenvalue weighted by Gasteiger charge is 2.18. The van der Waals surface area contributed by atoms with Gasteiger partial charge in [0.15, 0.2) is 5.69 Å². The number of rotatable bonds is 3. The van der Waals surface area contributed by atoms with Gasteiger partial charge in [-0.15, -0.1) is 0 Å². The third kappa shape index (κ3) is 3.32. The van der Waals surface area contributed by atoms with Crippen LogP contribution in [-0.4, -0.2) is 26.6 Å². The van der Waals surface area contributed by atoms with Gasteiger partial charge in [0.25, 0.3) is 17.4 Å². The molecule has 0 saturated carbocycles. The number of fused-ring (bicyclic) bond motifs is 2. The van der Waals surface area contributed by atoms with E-state index in [2.05, 4.69) is 20.9 Å². The van der Waals surface area contributed by atoms with Gasteiger partial charge in [0, 0.05) is 22.8 Å². The van der Waals surface area contributed by atoms with Crippen molar-refractivity contribution < 1.29 is 9.59 Å². The molecule has 0 fully saturated rings. The lowest BCUT2D eigenvalue weighted by atomic mass is 10.1. The number of nitrogens with zero attached hydrogens (tertiary/aromatic N) is 2. The van der Waals surface area contributed by atoms with Crippen LogP contribution in [0.3, 0.4) is 0 Å². The van der Waals surface area contributed by atoms with Crippen LogP contribution in [-0.2, 0) is 6.54 Å². The maximum absolute atomic E-state index is 12.7. The molecule has 0 atom stereocenters. The Labute approximate surface area is 171 Å². The third-order valence-electron chi connectivity index (χ3n) is 5.01. The van der Waals surface area contributed by atoms with Crippen LogP contribution in [0.25, 0.3) is 21.7 Å². The molecule has 0 radical (unpaired) electrons. The molecule has 8 nitrogen and oxygen atoms in total. The molecule has 2 heterocycles. The Hall–Kier alpha value is -3.94. The van der Waals surface area contributed by atoms with Gasteiger partial charge in [-0.25, -0.2) is 4.68 Å². The van der Waals surface area contributed by atoms with Crippen molar-refractivity contribution in [2.24, 2.45) is 0 Å². The quantitative estimate of drug-likeness (QED) is 0.457. The molecular weight excluding hydrogens is 382 g/mol. The van der Waals surface area contributed by atoms with Gasteiger partial charge in [0.1, 0.15) is 5.69 Å². The van der Waals surface area contributed by atoms with Crippen molar-refractivity contribution in [3.8, 4) is 0 Å². The monoisotopic (exact) mass is 403 g/mol. The number of aromatic nitrogens is 3. The van der Waals surface area contributed by atoms with Crippen LogP contribution in [0.15, 0.2) is 47.3 Å². The molecule has 0 unspecified atom stereocenters. The Kier molecular flexibility index (Phi) is 4.83. The van der Waals surface area contributed by atoms with E-state index >= 15 is 0 Å². The smallest absolute Gasteiger partial charge is 0.290 e. The number of aryl methyl sites for hydroxylation is 3. The first-order chi connectivity index (χ1) is 14.4. The number of amides is 2. The van der Waals surface area contributed by atoms with E-state index in [0.717, 1.165) is 22.0 Å². The zero-order valence-electron chi connectivity index (χ0n) is 16.9. The van der Waals surface area contributed by atoms with Crippen LogP contribution in [0, 0.1) is 13.8 Å². The summed E-state index contributed by atoms with van der Waals surface area (Å²) < 4.78 is 1.22. The van der Waals surface area contributed by atoms with Crippen molar-refractivity contribution >= 4 is 33.5 Å². The van der Waals surface area contributed by atoms with E-state index in [1.165, 1.54) is 4.68 Å². The average molecular weight is 403 g/mol. The molecule has 2 amide bonds. The summed E-state index contributed by atoms with van der Waals surface area (Å²) in [5.41, 5.74) is 7.93. The second-order valence-electron chi connectivity index (χ2n) is 7.15. The van der Waals surface area contributed by atoms with Gasteiger partial charge in [-0.2, -0.15) is 5.10 Å². The summed E-state index contributed by atoms with van der Waals surface area (Å²) in [6.07, 6.45) is 0. The molecular formula is C22H21N5O3. The number of H-pyrrole nitrogens is 1. The Morgan fingerprint density at radius 2 is 1.70 bits per heavy atom. The number of hydrogen-bond donors (Lipinski definition) is 3. The van der Waals surface area contributed by atoms with Crippen molar-refractivity contribution in [1.29, 1.82) is 0 Å². The fourth-order valence-electron chi connectivity index (χ4n) is 3.58. The molecule has 4 rings (SSSR count). The number of carbonyl (C=O) groups excluding carboxylic acids is 2. The van der Waals surface area contributed by atoms with Crippen LogP contribution in [0.4, 0.5) is 0 Å². The average Bonchev–Trinajstić information content (AvgIpc) is 3.17. The molecule has 0 aliphatic carbocycles. The number of hydrazine groups is 1. The van der Waals surface area contributed by atoms with Crippen molar-refractivity contribution in [2.75, 3.05) is 0 Å². The van der Waals surface area contributed by atoms with Gasteiger partial charge in [0.05, 0.1) is 5.39 Å². The molecule has 2 aromatic carbocycles. The third-order valence-corrected chi connectivity index (χ3v) is 5.01. The molecule has 8 heteroatoms. The first-order valence-electron chi connectivity index (χ1n) is 9.59. The van der Waals surface area contributed by atoms with E-state index in [0.29, 0.717) is 23.0 Å². The predicted molar refractivity (Wildman–Crippen MR) is 114 cm³/mol. The zero-order chi connectivity index (χ0) is 21.4. The zero-order valence-corrected chi connectivity index (χ0v) is 16.9. The highest BCUT2D eigenvalue weighted by atomic mass is 16.2. The predicted octanol–water partition coefficient (Wildman–Crippen LogP) is 2.59. The number of aromatic amines is 1. The SMILES string of the molecule is CCn1nc(C(=O)NNC(=O)c2cc3c(C)cc(C)cc3[nH]2)c2ccccc2c1=O. The number of carbonyl (C=O) groups is 2. The minimum Gasteiger partial charge on any atom is -0.350 e. The first-order valence-corrected chi connectivity index (χ1v) is 9.59. The Bertz CT molecular complexity index is 1370. The summed E-state index contributed by atoms with van der Waals surface area (Å²) in [7, 11) is 0. The molecule has 152 valence electrons. The van der Waals surface area contributed by atoms with Crippen LogP contribution in [0.2, 0.25) is 0 Å².